The third-order valence-electron chi connectivity index (χ3n) is 2.47. The number of nitrogens with one attached hydrogen (secondary N) is 2. The Balaban J connectivity index is 0. The molecular weight excluding hydrogens is 355 g/mol. The van der Waals surface area contributed by atoms with E-state index < -0.39 is 0 Å². The van der Waals surface area contributed by atoms with Crippen LogP contribution in [0.25, 0.3) is 0 Å². The first-order valence-corrected chi connectivity index (χ1v) is 6.69. The molecule has 0 saturated heterocycles. The molecule has 1 amide bonds. The van der Waals surface area contributed by atoms with Gasteiger partial charge in [0.05, 0.1) is 0 Å². The molecule has 0 spiro atoms. The third-order valence-corrected chi connectivity index (χ3v) is 2.47. The van der Waals surface area contributed by atoms with E-state index in [1.165, 1.54) is 6.42 Å². The van der Waals surface area contributed by atoms with Crippen LogP contribution in [0.4, 0.5) is 0 Å². The van der Waals surface area contributed by atoms with E-state index in [-0.39, 0.29) is 36.4 Å². The number of hydrogen-bond acceptors (Lipinski definition) is 2. The van der Waals surface area contributed by atoms with E-state index in [2.05, 4.69) is 29.5 Å². The van der Waals surface area contributed by atoms with Crippen molar-refractivity contribution >= 4 is 35.8 Å². The second-order valence-electron chi connectivity index (χ2n) is 4.95. The lowest BCUT2D eigenvalue weighted by Gasteiger charge is -2.13. The summed E-state index contributed by atoms with van der Waals surface area (Å²) in [4.78, 5) is 17.2. The highest BCUT2D eigenvalue weighted by atomic mass is 127. The van der Waals surface area contributed by atoms with Crippen LogP contribution in [0.3, 0.4) is 0 Å². The molecule has 0 heterocycles. The second kappa shape index (κ2) is 12.5. The smallest absolute Gasteiger partial charge is 0.243 e. The van der Waals surface area contributed by atoms with Gasteiger partial charge in [-0.2, -0.15) is 0 Å². The zero-order chi connectivity index (χ0) is 14.0. The van der Waals surface area contributed by atoms with Crippen molar-refractivity contribution in [3.8, 4) is 0 Å². The first-order chi connectivity index (χ1) is 8.47. The molecule has 0 aliphatic heterocycles. The van der Waals surface area contributed by atoms with Crippen molar-refractivity contribution in [2.24, 2.45) is 10.9 Å². The van der Waals surface area contributed by atoms with Gasteiger partial charge in [-0.3, -0.25) is 4.79 Å². The molecule has 0 rings (SSSR count). The molecule has 0 saturated carbocycles. The number of amides is 1. The monoisotopic (exact) mass is 384 g/mol. The highest BCUT2D eigenvalue weighted by Crippen LogP contribution is 2.01. The summed E-state index contributed by atoms with van der Waals surface area (Å²) in [5, 5.41) is 6.37. The third kappa shape index (κ3) is 12.3. The summed E-state index contributed by atoms with van der Waals surface area (Å²) in [6.45, 7) is 8.32. The lowest BCUT2D eigenvalue weighted by molar-refractivity contribution is -0.127. The molecule has 0 aliphatic carbocycles. The summed E-state index contributed by atoms with van der Waals surface area (Å²) in [6.07, 6.45) is 2.31. The molecule has 114 valence electrons. The predicted octanol–water partition coefficient (Wildman–Crippen LogP) is 1.68. The van der Waals surface area contributed by atoms with Crippen molar-refractivity contribution in [2.45, 2.75) is 33.6 Å². The van der Waals surface area contributed by atoms with E-state index in [1.807, 2.05) is 6.92 Å². The zero-order valence-corrected chi connectivity index (χ0v) is 15.2. The molecule has 2 N–H and O–H groups in total. The van der Waals surface area contributed by atoms with Gasteiger partial charge in [0.25, 0.3) is 0 Å². The van der Waals surface area contributed by atoms with E-state index in [0.29, 0.717) is 0 Å². The van der Waals surface area contributed by atoms with Crippen LogP contribution in [0.15, 0.2) is 4.99 Å². The maximum absolute atomic E-state index is 11.4. The quantitative estimate of drug-likeness (QED) is 0.304. The number of carbonyl (C=O) groups excluding carboxylic acids is 1. The maximum Gasteiger partial charge on any atom is 0.243 e. The topological polar surface area (TPSA) is 56.7 Å². The van der Waals surface area contributed by atoms with Gasteiger partial charge >= 0.3 is 0 Å². The van der Waals surface area contributed by atoms with Crippen LogP contribution in [0.5, 0.6) is 0 Å². The summed E-state index contributed by atoms with van der Waals surface area (Å²) in [5.74, 6) is 1.45. The van der Waals surface area contributed by atoms with Gasteiger partial charge in [0.1, 0.15) is 6.54 Å². The number of carbonyl (C=O) groups is 1. The van der Waals surface area contributed by atoms with Gasteiger partial charge in [0, 0.05) is 27.2 Å². The average Bonchev–Trinajstić information content (AvgIpc) is 2.30. The minimum absolute atomic E-state index is 0. The maximum atomic E-state index is 11.4. The van der Waals surface area contributed by atoms with Gasteiger partial charge < -0.3 is 15.5 Å². The van der Waals surface area contributed by atoms with Crippen molar-refractivity contribution in [3.05, 3.63) is 0 Å². The van der Waals surface area contributed by atoms with Crippen LogP contribution < -0.4 is 10.6 Å². The van der Waals surface area contributed by atoms with Gasteiger partial charge in [-0.15, -0.1) is 24.0 Å². The van der Waals surface area contributed by atoms with E-state index >= 15 is 0 Å². The Morgan fingerprint density at radius 1 is 1.26 bits per heavy atom. The summed E-state index contributed by atoms with van der Waals surface area (Å²) >= 11 is 0. The minimum Gasteiger partial charge on any atom is -0.357 e. The summed E-state index contributed by atoms with van der Waals surface area (Å²) in [5.41, 5.74) is 0. The molecule has 0 aliphatic rings. The molecule has 0 aromatic heterocycles. The minimum atomic E-state index is 0. The highest BCUT2D eigenvalue weighted by Gasteiger charge is 2.03. The van der Waals surface area contributed by atoms with Crippen molar-refractivity contribution in [1.82, 2.24) is 15.5 Å². The SMILES string of the molecule is CCNC(=NCC(=O)N(C)C)NCCCC(C)C.I. The number of nitrogens with zero attached hydrogens (tertiary/aromatic N) is 2. The normalized spacial score (nSPS) is 10.9. The number of halogens is 1. The number of hydrogen-bond donors (Lipinski definition) is 2. The fourth-order valence-electron chi connectivity index (χ4n) is 1.35. The van der Waals surface area contributed by atoms with Crippen LogP contribution in [0, 0.1) is 5.92 Å². The molecule has 5 nitrogen and oxygen atoms in total. The zero-order valence-electron chi connectivity index (χ0n) is 12.8. The first kappa shape index (κ1) is 20.8. The number of aliphatic imine (C=N–C) groups is 1. The van der Waals surface area contributed by atoms with Gasteiger partial charge in [0.15, 0.2) is 5.96 Å². The van der Waals surface area contributed by atoms with Crippen molar-refractivity contribution in [3.63, 3.8) is 0 Å². The van der Waals surface area contributed by atoms with E-state index in [0.717, 1.165) is 31.4 Å². The van der Waals surface area contributed by atoms with E-state index in [4.69, 9.17) is 0 Å². The Labute approximate surface area is 134 Å². The number of rotatable bonds is 7. The van der Waals surface area contributed by atoms with Gasteiger partial charge in [-0.05, 0) is 25.7 Å². The molecule has 19 heavy (non-hydrogen) atoms. The molecule has 0 bridgehead atoms. The fraction of sp³-hybridized carbons (Fsp3) is 0.846. The fourth-order valence-corrected chi connectivity index (χ4v) is 1.35. The molecule has 0 aromatic carbocycles. The Morgan fingerprint density at radius 2 is 1.89 bits per heavy atom. The number of likely N-dealkylation sites (N-methyl/N-ethyl adjacent to an activating group) is 1. The van der Waals surface area contributed by atoms with Gasteiger partial charge in [-0.1, -0.05) is 13.8 Å². The van der Waals surface area contributed by atoms with E-state index in [1.54, 1.807) is 19.0 Å². The Kier molecular flexibility index (Phi) is 13.7. The molecule has 0 fully saturated rings. The average molecular weight is 384 g/mol. The van der Waals surface area contributed by atoms with Crippen molar-refractivity contribution in [2.75, 3.05) is 33.7 Å². The highest BCUT2D eigenvalue weighted by molar-refractivity contribution is 14.0. The van der Waals surface area contributed by atoms with Crippen LogP contribution in [-0.4, -0.2) is 50.5 Å². The largest absolute Gasteiger partial charge is 0.357 e. The van der Waals surface area contributed by atoms with Gasteiger partial charge in [-0.25, -0.2) is 4.99 Å². The van der Waals surface area contributed by atoms with Crippen LogP contribution in [0.1, 0.15) is 33.6 Å². The Bertz CT molecular complexity index is 267. The predicted molar refractivity (Wildman–Crippen MR) is 92.2 cm³/mol. The molecule has 0 radical (unpaired) electrons. The van der Waals surface area contributed by atoms with Crippen LogP contribution in [-0.2, 0) is 4.79 Å². The van der Waals surface area contributed by atoms with Crippen molar-refractivity contribution in [1.29, 1.82) is 0 Å². The molecule has 6 heteroatoms. The first-order valence-electron chi connectivity index (χ1n) is 6.69. The Morgan fingerprint density at radius 3 is 2.37 bits per heavy atom. The molecule has 0 aromatic rings. The summed E-state index contributed by atoms with van der Waals surface area (Å²) < 4.78 is 0. The number of guanidine groups is 1. The summed E-state index contributed by atoms with van der Waals surface area (Å²) in [6, 6.07) is 0. The molecule has 0 unspecified atom stereocenters. The van der Waals surface area contributed by atoms with Gasteiger partial charge in [0.2, 0.25) is 5.91 Å². The lowest BCUT2D eigenvalue weighted by atomic mass is 10.1. The standard InChI is InChI=1S/C13H28N4O.HI/c1-6-14-13(15-9-7-8-11(2)3)16-10-12(18)17(4)5;/h11H,6-10H2,1-5H3,(H2,14,15,16);1H. The summed E-state index contributed by atoms with van der Waals surface area (Å²) in [7, 11) is 3.47. The molecule has 0 atom stereocenters. The Hall–Kier alpha value is -0.530. The second-order valence-corrected chi connectivity index (χ2v) is 4.95. The van der Waals surface area contributed by atoms with Crippen LogP contribution >= 0.6 is 24.0 Å². The van der Waals surface area contributed by atoms with Crippen molar-refractivity contribution < 1.29 is 4.79 Å². The van der Waals surface area contributed by atoms with Crippen LogP contribution in [0.2, 0.25) is 0 Å². The van der Waals surface area contributed by atoms with E-state index in [9.17, 15) is 4.79 Å². The molecular formula is C13H29IN4O. The lowest BCUT2D eigenvalue weighted by Crippen LogP contribution is -2.38.